The molecule has 2 saturated heterocycles. The van der Waals surface area contributed by atoms with Crippen molar-refractivity contribution in [1.82, 2.24) is 4.90 Å². The van der Waals surface area contributed by atoms with Crippen LogP contribution in [0.15, 0.2) is 0 Å². The van der Waals surface area contributed by atoms with Crippen LogP contribution in [-0.4, -0.2) is 41.9 Å². The van der Waals surface area contributed by atoms with Gasteiger partial charge in [0.2, 0.25) is 6.41 Å². The maximum Gasteiger partial charge on any atom is 0.210 e. The molecule has 0 saturated carbocycles. The smallest absolute Gasteiger partial charge is 0.210 e. The number of carbonyl (C=O) groups excluding carboxylic acids is 2. The summed E-state index contributed by atoms with van der Waals surface area (Å²) in [6, 6.07) is -0.376. The number of likely N-dealkylation sites (tertiary alicyclic amines) is 1. The number of carbonyl (C=O) groups is 2. The fourth-order valence-electron chi connectivity index (χ4n) is 2.63. The van der Waals surface area contributed by atoms with Crippen LogP contribution < -0.4 is 0 Å². The lowest BCUT2D eigenvalue weighted by molar-refractivity contribution is -0.128. The molecule has 0 bridgehead atoms. The second kappa shape index (κ2) is 3.05. The molecule has 0 N–H and O–H groups in total. The summed E-state index contributed by atoms with van der Waals surface area (Å²) in [5.74, 6) is 0.324. The summed E-state index contributed by atoms with van der Waals surface area (Å²) in [5, 5.41) is 0. The average molecular weight is 197 g/mol. The van der Waals surface area contributed by atoms with E-state index < -0.39 is 0 Å². The Kier molecular flexibility index (Phi) is 2.10. The summed E-state index contributed by atoms with van der Waals surface area (Å²) in [5.41, 5.74) is -0.147. The average Bonchev–Trinajstić information content (AvgIpc) is 2.55. The number of amides is 1. The van der Waals surface area contributed by atoms with Gasteiger partial charge in [-0.25, -0.2) is 0 Å². The Morgan fingerprint density at radius 1 is 1.43 bits per heavy atom. The highest BCUT2D eigenvalue weighted by Gasteiger charge is 2.50. The van der Waals surface area contributed by atoms with Crippen LogP contribution >= 0.6 is 0 Å². The predicted molar refractivity (Wildman–Crippen MR) is 49.7 cm³/mol. The SMILES string of the molecule is CC1(C)C[C@H]2CN(C=O)[C@H](C=O)C2O1. The Morgan fingerprint density at radius 2 is 2.14 bits per heavy atom. The van der Waals surface area contributed by atoms with E-state index in [4.69, 9.17) is 4.74 Å². The van der Waals surface area contributed by atoms with Gasteiger partial charge in [-0.1, -0.05) is 0 Å². The molecular formula is C10H15NO3. The molecule has 2 aliphatic rings. The summed E-state index contributed by atoms with van der Waals surface area (Å²) in [7, 11) is 0. The number of ether oxygens (including phenoxy) is 1. The van der Waals surface area contributed by atoms with E-state index in [0.29, 0.717) is 12.5 Å². The van der Waals surface area contributed by atoms with Crippen LogP contribution in [0.4, 0.5) is 0 Å². The predicted octanol–water partition coefficient (Wildman–Crippen LogP) is 0.210. The van der Waals surface area contributed by atoms with Crippen LogP contribution in [0.3, 0.4) is 0 Å². The zero-order valence-electron chi connectivity index (χ0n) is 8.47. The van der Waals surface area contributed by atoms with Crippen LogP contribution in [0, 0.1) is 5.92 Å². The molecule has 1 unspecified atom stereocenters. The minimum Gasteiger partial charge on any atom is -0.369 e. The quantitative estimate of drug-likeness (QED) is 0.594. The first-order valence-corrected chi connectivity index (χ1v) is 4.91. The summed E-state index contributed by atoms with van der Waals surface area (Å²) in [6.45, 7) is 4.71. The van der Waals surface area contributed by atoms with Gasteiger partial charge in [0.25, 0.3) is 0 Å². The molecular weight excluding hydrogens is 182 g/mol. The first-order chi connectivity index (χ1) is 6.57. The number of nitrogens with zero attached hydrogens (tertiary/aromatic N) is 1. The van der Waals surface area contributed by atoms with Gasteiger partial charge in [-0.15, -0.1) is 0 Å². The molecule has 2 fully saturated rings. The van der Waals surface area contributed by atoms with Gasteiger partial charge in [0.1, 0.15) is 12.3 Å². The van der Waals surface area contributed by atoms with Crippen molar-refractivity contribution >= 4 is 12.7 Å². The van der Waals surface area contributed by atoms with Crippen molar-refractivity contribution in [2.24, 2.45) is 5.92 Å². The molecule has 4 heteroatoms. The minimum atomic E-state index is -0.376. The maximum absolute atomic E-state index is 10.8. The normalized spacial score (nSPS) is 39.6. The Bertz CT molecular complexity index is 264. The zero-order chi connectivity index (χ0) is 10.3. The van der Waals surface area contributed by atoms with Crippen molar-refractivity contribution < 1.29 is 14.3 Å². The van der Waals surface area contributed by atoms with Gasteiger partial charge in [0, 0.05) is 12.5 Å². The van der Waals surface area contributed by atoms with Crippen LogP contribution in [0.1, 0.15) is 20.3 Å². The molecule has 0 radical (unpaired) electrons. The third-order valence-corrected chi connectivity index (χ3v) is 3.11. The van der Waals surface area contributed by atoms with Gasteiger partial charge in [-0.3, -0.25) is 4.79 Å². The lowest BCUT2D eigenvalue weighted by atomic mass is 9.95. The topological polar surface area (TPSA) is 46.6 Å². The molecule has 0 aromatic heterocycles. The van der Waals surface area contributed by atoms with E-state index in [2.05, 4.69) is 0 Å². The van der Waals surface area contributed by atoms with E-state index in [0.717, 1.165) is 19.1 Å². The lowest BCUT2D eigenvalue weighted by Gasteiger charge is -2.24. The van der Waals surface area contributed by atoms with Crippen LogP contribution in [-0.2, 0) is 14.3 Å². The van der Waals surface area contributed by atoms with E-state index in [-0.39, 0.29) is 17.7 Å². The third-order valence-electron chi connectivity index (χ3n) is 3.11. The maximum atomic E-state index is 10.8. The Labute approximate surface area is 83.2 Å². The molecule has 2 aliphatic heterocycles. The van der Waals surface area contributed by atoms with Crippen molar-refractivity contribution in [3.05, 3.63) is 0 Å². The fourth-order valence-corrected chi connectivity index (χ4v) is 2.63. The molecule has 4 nitrogen and oxygen atoms in total. The van der Waals surface area contributed by atoms with Crippen molar-refractivity contribution in [3.8, 4) is 0 Å². The monoisotopic (exact) mass is 197 g/mol. The second-order valence-electron chi connectivity index (χ2n) is 4.74. The Balaban J connectivity index is 2.17. The minimum absolute atomic E-state index is 0.0901. The molecule has 0 aromatic carbocycles. The summed E-state index contributed by atoms with van der Waals surface area (Å²) in [4.78, 5) is 23.1. The molecule has 2 heterocycles. The van der Waals surface area contributed by atoms with Crippen LogP contribution in [0.2, 0.25) is 0 Å². The lowest BCUT2D eigenvalue weighted by Crippen LogP contribution is -2.38. The molecule has 14 heavy (non-hydrogen) atoms. The molecule has 1 amide bonds. The number of hydrogen-bond donors (Lipinski definition) is 0. The molecule has 0 aliphatic carbocycles. The van der Waals surface area contributed by atoms with E-state index in [9.17, 15) is 9.59 Å². The van der Waals surface area contributed by atoms with Gasteiger partial charge in [-0.2, -0.15) is 0 Å². The summed E-state index contributed by atoms with van der Waals surface area (Å²) < 4.78 is 5.78. The fraction of sp³-hybridized carbons (Fsp3) is 0.800. The van der Waals surface area contributed by atoms with E-state index >= 15 is 0 Å². The number of hydrogen-bond acceptors (Lipinski definition) is 3. The van der Waals surface area contributed by atoms with Crippen LogP contribution in [0.5, 0.6) is 0 Å². The number of aldehydes is 1. The van der Waals surface area contributed by atoms with E-state index in [1.54, 1.807) is 0 Å². The third kappa shape index (κ3) is 1.34. The van der Waals surface area contributed by atoms with Gasteiger partial charge >= 0.3 is 0 Å². The number of fused-ring (bicyclic) bond motifs is 1. The van der Waals surface area contributed by atoms with Gasteiger partial charge in [-0.05, 0) is 20.3 Å². The molecule has 2 rings (SSSR count). The Hall–Kier alpha value is -0.900. The van der Waals surface area contributed by atoms with E-state index in [1.165, 1.54) is 4.90 Å². The zero-order valence-corrected chi connectivity index (χ0v) is 8.47. The highest BCUT2D eigenvalue weighted by atomic mass is 16.5. The summed E-state index contributed by atoms with van der Waals surface area (Å²) in [6.07, 6.45) is 2.40. The molecule has 3 atom stereocenters. The van der Waals surface area contributed by atoms with Gasteiger partial charge in [0.15, 0.2) is 0 Å². The van der Waals surface area contributed by atoms with E-state index in [1.807, 2.05) is 13.8 Å². The molecule has 78 valence electrons. The van der Waals surface area contributed by atoms with Crippen molar-refractivity contribution in [3.63, 3.8) is 0 Å². The number of rotatable bonds is 2. The summed E-state index contributed by atoms with van der Waals surface area (Å²) >= 11 is 0. The van der Waals surface area contributed by atoms with Crippen molar-refractivity contribution in [2.45, 2.75) is 38.0 Å². The molecule has 0 spiro atoms. The molecule has 0 aromatic rings. The van der Waals surface area contributed by atoms with Gasteiger partial charge in [0.05, 0.1) is 11.7 Å². The highest BCUT2D eigenvalue weighted by Crippen LogP contribution is 2.41. The van der Waals surface area contributed by atoms with Gasteiger partial charge < -0.3 is 14.4 Å². The first kappa shape index (κ1) is 9.65. The van der Waals surface area contributed by atoms with Crippen molar-refractivity contribution in [1.29, 1.82) is 0 Å². The largest absolute Gasteiger partial charge is 0.369 e. The highest BCUT2D eigenvalue weighted by molar-refractivity contribution is 5.66. The van der Waals surface area contributed by atoms with Crippen LogP contribution in [0.25, 0.3) is 0 Å². The first-order valence-electron chi connectivity index (χ1n) is 4.91. The van der Waals surface area contributed by atoms with Crippen molar-refractivity contribution in [2.75, 3.05) is 6.54 Å². The second-order valence-corrected chi connectivity index (χ2v) is 4.74. The standard InChI is InChI=1S/C10H15NO3/c1-10(2)3-7-4-11(6-13)8(5-12)9(7)14-10/h5-9H,3-4H2,1-2H3/t7-,8+,9?/m0/s1. The Morgan fingerprint density at radius 3 is 2.71 bits per heavy atom.